The van der Waals surface area contributed by atoms with E-state index in [9.17, 15) is 0 Å². The summed E-state index contributed by atoms with van der Waals surface area (Å²) in [4.78, 5) is 0. The zero-order valence-corrected chi connectivity index (χ0v) is 13.4. The fourth-order valence-electron chi connectivity index (χ4n) is 5.04. The molecule has 0 radical (unpaired) electrons. The van der Waals surface area contributed by atoms with Crippen LogP contribution in [0.15, 0.2) is 0 Å². The third-order valence-electron chi connectivity index (χ3n) is 6.27. The summed E-state index contributed by atoms with van der Waals surface area (Å²) in [5.41, 5.74) is 0. The summed E-state index contributed by atoms with van der Waals surface area (Å²) < 4.78 is 0. The van der Waals surface area contributed by atoms with Gasteiger partial charge in [0.2, 0.25) is 0 Å². The van der Waals surface area contributed by atoms with Crippen molar-refractivity contribution in [3.05, 3.63) is 0 Å². The van der Waals surface area contributed by atoms with Crippen molar-refractivity contribution < 1.29 is 0 Å². The van der Waals surface area contributed by atoms with E-state index in [1.165, 1.54) is 77.2 Å². The smallest absolute Gasteiger partial charge is 0.0113 e. The molecule has 3 unspecified atom stereocenters. The summed E-state index contributed by atoms with van der Waals surface area (Å²) in [5, 5.41) is 7.81. The van der Waals surface area contributed by atoms with Crippen LogP contribution in [0.3, 0.4) is 0 Å². The molecule has 3 aliphatic rings. The lowest BCUT2D eigenvalue weighted by Gasteiger charge is -2.32. The summed E-state index contributed by atoms with van der Waals surface area (Å²) >= 11 is 0. The van der Waals surface area contributed by atoms with Crippen molar-refractivity contribution in [2.45, 2.75) is 95.7 Å². The van der Waals surface area contributed by atoms with Crippen LogP contribution in [-0.4, -0.2) is 24.7 Å². The average molecular weight is 278 g/mol. The van der Waals surface area contributed by atoms with Gasteiger partial charge in [-0.2, -0.15) is 0 Å². The minimum absolute atomic E-state index is 0.736. The predicted molar refractivity (Wildman–Crippen MR) is 85.9 cm³/mol. The van der Waals surface area contributed by atoms with Crippen LogP contribution in [0.1, 0.15) is 77.6 Å². The average Bonchev–Trinajstić information content (AvgIpc) is 3.04. The molecule has 0 aromatic rings. The SMILES string of the molecule is C[C@H](NC1CCCC1C1CCCN1)C1CCCCCC1. The molecule has 1 saturated heterocycles. The maximum absolute atomic E-state index is 4.06. The molecule has 2 saturated carbocycles. The Morgan fingerprint density at radius 3 is 2.35 bits per heavy atom. The van der Waals surface area contributed by atoms with Gasteiger partial charge in [-0.3, -0.25) is 0 Å². The second-order valence-electron chi connectivity index (χ2n) is 7.61. The molecule has 3 rings (SSSR count). The van der Waals surface area contributed by atoms with Crippen molar-refractivity contribution in [2.75, 3.05) is 6.54 Å². The highest BCUT2D eigenvalue weighted by Gasteiger charge is 2.36. The molecule has 1 heterocycles. The van der Waals surface area contributed by atoms with Gasteiger partial charge in [0.25, 0.3) is 0 Å². The van der Waals surface area contributed by atoms with Crippen molar-refractivity contribution in [1.29, 1.82) is 0 Å². The van der Waals surface area contributed by atoms with Crippen LogP contribution in [0.2, 0.25) is 0 Å². The highest BCUT2D eigenvalue weighted by Crippen LogP contribution is 2.33. The van der Waals surface area contributed by atoms with E-state index in [4.69, 9.17) is 0 Å². The lowest BCUT2D eigenvalue weighted by molar-refractivity contribution is 0.255. The van der Waals surface area contributed by atoms with Crippen molar-refractivity contribution in [1.82, 2.24) is 10.6 Å². The molecule has 3 fully saturated rings. The second-order valence-corrected chi connectivity index (χ2v) is 7.61. The minimum Gasteiger partial charge on any atom is -0.314 e. The molecule has 0 aromatic carbocycles. The van der Waals surface area contributed by atoms with Gasteiger partial charge in [0, 0.05) is 18.1 Å². The van der Waals surface area contributed by atoms with Crippen LogP contribution in [0.5, 0.6) is 0 Å². The normalized spacial score (nSPS) is 38.0. The Kier molecular flexibility index (Phi) is 5.39. The fourth-order valence-corrected chi connectivity index (χ4v) is 5.04. The molecule has 0 aromatic heterocycles. The second kappa shape index (κ2) is 7.26. The van der Waals surface area contributed by atoms with Crippen LogP contribution >= 0.6 is 0 Å². The van der Waals surface area contributed by atoms with Crippen molar-refractivity contribution in [2.24, 2.45) is 11.8 Å². The monoisotopic (exact) mass is 278 g/mol. The summed E-state index contributed by atoms with van der Waals surface area (Å²) in [6, 6.07) is 2.35. The summed E-state index contributed by atoms with van der Waals surface area (Å²) in [6.07, 6.45) is 15.9. The Balaban J connectivity index is 1.52. The first kappa shape index (κ1) is 14.8. The van der Waals surface area contributed by atoms with E-state index in [-0.39, 0.29) is 0 Å². The van der Waals surface area contributed by atoms with Crippen LogP contribution in [0, 0.1) is 11.8 Å². The number of hydrogen-bond donors (Lipinski definition) is 2. The lowest BCUT2D eigenvalue weighted by Crippen LogP contribution is -2.47. The first-order valence-corrected chi connectivity index (χ1v) is 9.34. The quantitative estimate of drug-likeness (QED) is 0.763. The maximum atomic E-state index is 4.06. The Labute approximate surface area is 125 Å². The van der Waals surface area contributed by atoms with Crippen LogP contribution in [-0.2, 0) is 0 Å². The Hall–Kier alpha value is -0.0800. The van der Waals surface area contributed by atoms with E-state index in [1.807, 2.05) is 0 Å². The molecule has 0 bridgehead atoms. The molecule has 116 valence electrons. The van der Waals surface area contributed by atoms with Gasteiger partial charge in [-0.25, -0.2) is 0 Å². The van der Waals surface area contributed by atoms with Crippen LogP contribution < -0.4 is 10.6 Å². The number of hydrogen-bond acceptors (Lipinski definition) is 2. The Morgan fingerprint density at radius 2 is 1.65 bits per heavy atom. The van der Waals surface area contributed by atoms with E-state index in [0.29, 0.717) is 0 Å². The van der Waals surface area contributed by atoms with Crippen LogP contribution in [0.4, 0.5) is 0 Å². The molecular weight excluding hydrogens is 244 g/mol. The molecule has 2 heteroatoms. The summed E-state index contributed by atoms with van der Waals surface area (Å²) in [6.45, 7) is 3.72. The van der Waals surface area contributed by atoms with E-state index in [2.05, 4.69) is 17.6 Å². The van der Waals surface area contributed by atoms with E-state index in [1.54, 1.807) is 0 Å². The zero-order valence-electron chi connectivity index (χ0n) is 13.4. The first-order chi connectivity index (χ1) is 9.84. The van der Waals surface area contributed by atoms with E-state index in [0.717, 1.165) is 30.0 Å². The Morgan fingerprint density at radius 1 is 0.850 bits per heavy atom. The van der Waals surface area contributed by atoms with Gasteiger partial charge in [0.1, 0.15) is 0 Å². The summed E-state index contributed by atoms with van der Waals surface area (Å²) in [5.74, 6) is 1.85. The third kappa shape index (κ3) is 3.57. The molecule has 0 amide bonds. The van der Waals surface area contributed by atoms with Gasteiger partial charge in [-0.15, -0.1) is 0 Å². The predicted octanol–water partition coefficient (Wildman–Crippen LogP) is 3.86. The van der Waals surface area contributed by atoms with Crippen LogP contribution in [0.25, 0.3) is 0 Å². The molecule has 2 N–H and O–H groups in total. The standard InChI is InChI=1S/C18H34N2/c1-14(15-8-4-2-3-5-9-15)20-18-11-6-10-16(18)17-12-7-13-19-17/h14-20H,2-13H2,1H3/t14-,16?,17?,18?/m0/s1. The van der Waals surface area contributed by atoms with E-state index < -0.39 is 0 Å². The topological polar surface area (TPSA) is 24.1 Å². The molecule has 2 nitrogen and oxygen atoms in total. The highest BCUT2D eigenvalue weighted by atomic mass is 15.0. The highest BCUT2D eigenvalue weighted by molar-refractivity contribution is 4.94. The molecule has 2 aliphatic carbocycles. The molecular formula is C18H34N2. The van der Waals surface area contributed by atoms with E-state index >= 15 is 0 Å². The van der Waals surface area contributed by atoms with Gasteiger partial charge in [0.15, 0.2) is 0 Å². The van der Waals surface area contributed by atoms with Crippen molar-refractivity contribution >= 4 is 0 Å². The van der Waals surface area contributed by atoms with Gasteiger partial charge in [0.05, 0.1) is 0 Å². The lowest BCUT2D eigenvalue weighted by atomic mass is 9.89. The fraction of sp³-hybridized carbons (Fsp3) is 1.00. The van der Waals surface area contributed by atoms with Gasteiger partial charge < -0.3 is 10.6 Å². The molecule has 1 aliphatic heterocycles. The largest absolute Gasteiger partial charge is 0.314 e. The van der Waals surface area contributed by atoms with Gasteiger partial charge in [-0.05, 0) is 63.8 Å². The zero-order chi connectivity index (χ0) is 13.8. The van der Waals surface area contributed by atoms with Gasteiger partial charge >= 0.3 is 0 Å². The van der Waals surface area contributed by atoms with Crippen molar-refractivity contribution in [3.63, 3.8) is 0 Å². The minimum atomic E-state index is 0.736. The molecule has 4 atom stereocenters. The molecule has 20 heavy (non-hydrogen) atoms. The molecule has 0 spiro atoms. The number of rotatable bonds is 4. The summed E-state index contributed by atoms with van der Waals surface area (Å²) in [7, 11) is 0. The third-order valence-corrected chi connectivity index (χ3v) is 6.27. The first-order valence-electron chi connectivity index (χ1n) is 9.34. The van der Waals surface area contributed by atoms with Gasteiger partial charge in [-0.1, -0.05) is 32.1 Å². The number of nitrogens with one attached hydrogen (secondary N) is 2. The van der Waals surface area contributed by atoms with Crippen molar-refractivity contribution in [3.8, 4) is 0 Å². The Bertz CT molecular complexity index is 277. The maximum Gasteiger partial charge on any atom is 0.0113 e.